The van der Waals surface area contributed by atoms with Gasteiger partial charge in [-0.15, -0.1) is 0 Å². The molecule has 1 aliphatic rings. The van der Waals surface area contributed by atoms with Crippen LogP contribution in [0.25, 0.3) is 0 Å². The maximum atomic E-state index is 12.5. The molecule has 0 radical (unpaired) electrons. The molecule has 1 unspecified atom stereocenters. The van der Waals surface area contributed by atoms with E-state index >= 15 is 0 Å². The predicted molar refractivity (Wildman–Crippen MR) is 84.7 cm³/mol. The summed E-state index contributed by atoms with van der Waals surface area (Å²) in [5, 5.41) is 3.04. The molecule has 0 amide bonds. The Kier molecular flexibility index (Phi) is 5.37. The summed E-state index contributed by atoms with van der Waals surface area (Å²) >= 11 is 0. The molecule has 2 rings (SSSR count). The van der Waals surface area contributed by atoms with E-state index in [9.17, 15) is 8.42 Å². The molecule has 1 aromatic carbocycles. The maximum Gasteiger partial charge on any atom is 0.240 e. The first-order chi connectivity index (χ1) is 9.92. The van der Waals surface area contributed by atoms with Crippen molar-refractivity contribution in [2.45, 2.75) is 24.8 Å². The molecule has 0 aliphatic carbocycles. The van der Waals surface area contributed by atoms with Crippen LogP contribution in [0.15, 0.2) is 23.1 Å². The first-order valence-corrected chi connectivity index (χ1v) is 8.83. The lowest BCUT2D eigenvalue weighted by molar-refractivity contribution is 0.394. The van der Waals surface area contributed by atoms with Gasteiger partial charge in [0.15, 0.2) is 0 Å². The van der Waals surface area contributed by atoms with Crippen molar-refractivity contribution < 1.29 is 8.42 Å². The smallest absolute Gasteiger partial charge is 0.240 e. The molecule has 2 N–H and O–H groups in total. The summed E-state index contributed by atoms with van der Waals surface area (Å²) in [5.74, 6) is 0.408. The van der Waals surface area contributed by atoms with Gasteiger partial charge in [-0.25, -0.2) is 13.1 Å². The molecule has 0 saturated carbocycles. The fourth-order valence-electron chi connectivity index (χ4n) is 2.75. The second-order valence-electron chi connectivity index (χ2n) is 5.90. The minimum Gasteiger partial charge on any atom is -0.316 e. The van der Waals surface area contributed by atoms with Crippen molar-refractivity contribution in [2.75, 3.05) is 33.7 Å². The summed E-state index contributed by atoms with van der Waals surface area (Å²) < 4.78 is 27.8. The van der Waals surface area contributed by atoms with Gasteiger partial charge in [0.1, 0.15) is 0 Å². The van der Waals surface area contributed by atoms with Crippen LogP contribution in [-0.2, 0) is 16.6 Å². The van der Waals surface area contributed by atoms with Gasteiger partial charge in [-0.1, -0.05) is 12.1 Å². The molecule has 118 valence electrons. The Balaban J connectivity index is 2.09. The van der Waals surface area contributed by atoms with Gasteiger partial charge in [0.05, 0.1) is 4.90 Å². The number of nitrogens with zero attached hydrogens (tertiary/aromatic N) is 1. The Bertz CT molecular complexity index is 587. The van der Waals surface area contributed by atoms with Crippen molar-refractivity contribution in [1.82, 2.24) is 14.9 Å². The molecule has 1 atom stereocenters. The summed E-state index contributed by atoms with van der Waals surface area (Å²) in [4.78, 5) is 2.62. The largest absolute Gasteiger partial charge is 0.316 e. The van der Waals surface area contributed by atoms with Gasteiger partial charge in [0.2, 0.25) is 10.0 Å². The van der Waals surface area contributed by atoms with Crippen molar-refractivity contribution in [3.63, 3.8) is 0 Å². The number of nitrogens with one attached hydrogen (secondary N) is 2. The molecule has 1 heterocycles. The van der Waals surface area contributed by atoms with Gasteiger partial charge < -0.3 is 10.2 Å². The first kappa shape index (κ1) is 16.4. The maximum absolute atomic E-state index is 12.5. The Morgan fingerprint density at radius 2 is 2.14 bits per heavy atom. The average molecular weight is 311 g/mol. The Hall–Kier alpha value is -0.950. The number of likely N-dealkylation sites (tertiary alicyclic amines) is 1. The van der Waals surface area contributed by atoms with E-state index in [1.165, 1.54) is 0 Å². The number of hydrogen-bond acceptors (Lipinski definition) is 4. The zero-order valence-corrected chi connectivity index (χ0v) is 13.8. The van der Waals surface area contributed by atoms with E-state index in [1.54, 1.807) is 6.07 Å². The minimum atomic E-state index is -3.43. The van der Waals surface area contributed by atoms with Crippen LogP contribution < -0.4 is 10.0 Å². The summed E-state index contributed by atoms with van der Waals surface area (Å²) in [7, 11) is 0.486. The average Bonchev–Trinajstić information content (AvgIpc) is 2.85. The zero-order valence-electron chi connectivity index (χ0n) is 13.0. The molecule has 0 bridgehead atoms. The Morgan fingerprint density at radius 1 is 1.38 bits per heavy atom. The number of benzene rings is 1. The second kappa shape index (κ2) is 6.87. The third-order valence-electron chi connectivity index (χ3n) is 3.97. The lowest BCUT2D eigenvalue weighted by atomic mass is 10.1. The molecular formula is C15H25N3O2S. The fraction of sp³-hybridized carbons (Fsp3) is 0.600. The van der Waals surface area contributed by atoms with Gasteiger partial charge in [0, 0.05) is 19.6 Å². The molecule has 0 spiro atoms. The molecular weight excluding hydrogens is 286 g/mol. The molecule has 1 aromatic rings. The normalized spacial score (nSPS) is 20.0. The van der Waals surface area contributed by atoms with Gasteiger partial charge in [-0.3, -0.25) is 0 Å². The van der Waals surface area contributed by atoms with Crippen LogP contribution in [0.2, 0.25) is 0 Å². The monoisotopic (exact) mass is 311 g/mol. The number of sulfonamides is 1. The third kappa shape index (κ3) is 4.26. The SMILES string of the molecule is CNCc1ccc(C)c(S(=O)(=O)NCC2CCN(C)C2)c1. The summed E-state index contributed by atoms with van der Waals surface area (Å²) in [5.41, 5.74) is 1.76. The van der Waals surface area contributed by atoms with E-state index in [1.807, 2.05) is 26.1 Å². The molecule has 1 fully saturated rings. The summed E-state index contributed by atoms with van der Waals surface area (Å²) in [6, 6.07) is 5.58. The number of rotatable bonds is 6. The van der Waals surface area contributed by atoms with E-state index in [0.29, 0.717) is 23.9 Å². The molecule has 1 aliphatic heterocycles. The van der Waals surface area contributed by atoms with Crippen LogP contribution >= 0.6 is 0 Å². The van der Waals surface area contributed by atoms with Gasteiger partial charge in [-0.05, 0) is 57.1 Å². The topological polar surface area (TPSA) is 61.4 Å². The number of hydrogen-bond donors (Lipinski definition) is 2. The predicted octanol–water partition coefficient (Wildman–Crippen LogP) is 0.944. The van der Waals surface area contributed by atoms with Gasteiger partial charge >= 0.3 is 0 Å². The van der Waals surface area contributed by atoms with Crippen molar-refractivity contribution in [3.05, 3.63) is 29.3 Å². The molecule has 6 heteroatoms. The van der Waals surface area contributed by atoms with Crippen LogP contribution in [-0.4, -0.2) is 47.0 Å². The summed E-state index contributed by atoms with van der Waals surface area (Å²) in [6.45, 7) is 5.02. The van der Waals surface area contributed by atoms with Crippen LogP contribution in [0.5, 0.6) is 0 Å². The highest BCUT2D eigenvalue weighted by Crippen LogP contribution is 2.19. The van der Waals surface area contributed by atoms with Gasteiger partial charge in [-0.2, -0.15) is 0 Å². The summed E-state index contributed by atoms with van der Waals surface area (Å²) in [6.07, 6.45) is 1.05. The first-order valence-electron chi connectivity index (χ1n) is 7.34. The minimum absolute atomic E-state index is 0.390. The fourth-order valence-corrected chi connectivity index (χ4v) is 4.16. The Morgan fingerprint density at radius 3 is 2.76 bits per heavy atom. The van der Waals surface area contributed by atoms with Crippen LogP contribution in [0, 0.1) is 12.8 Å². The number of aryl methyl sites for hydroxylation is 1. The second-order valence-corrected chi connectivity index (χ2v) is 7.63. The van der Waals surface area contributed by atoms with E-state index in [-0.39, 0.29) is 0 Å². The Labute approximate surface area is 127 Å². The van der Waals surface area contributed by atoms with Crippen molar-refractivity contribution >= 4 is 10.0 Å². The van der Waals surface area contributed by atoms with E-state index in [2.05, 4.69) is 22.0 Å². The van der Waals surface area contributed by atoms with Crippen molar-refractivity contribution in [2.24, 2.45) is 5.92 Å². The van der Waals surface area contributed by atoms with Crippen molar-refractivity contribution in [1.29, 1.82) is 0 Å². The lowest BCUT2D eigenvalue weighted by Crippen LogP contribution is -2.31. The highest BCUT2D eigenvalue weighted by molar-refractivity contribution is 7.89. The van der Waals surface area contributed by atoms with E-state index in [4.69, 9.17) is 0 Å². The van der Waals surface area contributed by atoms with Crippen LogP contribution in [0.4, 0.5) is 0 Å². The molecule has 5 nitrogen and oxygen atoms in total. The van der Waals surface area contributed by atoms with Gasteiger partial charge in [0.25, 0.3) is 0 Å². The molecule has 0 aromatic heterocycles. The highest BCUT2D eigenvalue weighted by Gasteiger charge is 2.23. The van der Waals surface area contributed by atoms with E-state index < -0.39 is 10.0 Å². The van der Waals surface area contributed by atoms with Crippen molar-refractivity contribution in [3.8, 4) is 0 Å². The molecule has 21 heavy (non-hydrogen) atoms. The van der Waals surface area contributed by atoms with E-state index in [0.717, 1.165) is 30.6 Å². The lowest BCUT2D eigenvalue weighted by Gasteiger charge is -2.14. The third-order valence-corrected chi connectivity index (χ3v) is 5.54. The van der Waals surface area contributed by atoms with Crippen LogP contribution in [0.1, 0.15) is 17.5 Å². The zero-order chi connectivity index (χ0) is 15.5. The standard InChI is InChI=1S/C15H25N3O2S/c1-12-4-5-13(9-16-2)8-15(12)21(19,20)17-10-14-6-7-18(3)11-14/h4-5,8,14,16-17H,6-7,9-11H2,1-3H3. The molecule has 1 saturated heterocycles. The highest BCUT2D eigenvalue weighted by atomic mass is 32.2. The quantitative estimate of drug-likeness (QED) is 0.821. The van der Waals surface area contributed by atoms with Crippen LogP contribution in [0.3, 0.4) is 0 Å².